The second-order valence-electron chi connectivity index (χ2n) is 17.5. The third-order valence-electron chi connectivity index (χ3n) is 13.3. The van der Waals surface area contributed by atoms with E-state index in [1.54, 1.807) is 0 Å². The summed E-state index contributed by atoms with van der Waals surface area (Å²) in [4.78, 5) is 0. The molecule has 0 aliphatic rings. The third-order valence-corrected chi connectivity index (χ3v) is 13.3. The smallest absolute Gasteiger partial charge is 0.168 e. The van der Waals surface area contributed by atoms with Crippen molar-refractivity contribution in [3.05, 3.63) is 249 Å². The average Bonchev–Trinajstić information content (AvgIpc) is 4.03. The summed E-state index contributed by atoms with van der Waals surface area (Å²) in [6, 6.07) is 88.6. The number of rotatable bonds is 8. The molecule has 13 aromatic rings. The molecular formula is C64H41N3O. The molecule has 0 saturated carbocycles. The molecule has 0 N–H and O–H groups in total. The highest BCUT2D eigenvalue weighted by molar-refractivity contribution is 6.12. The van der Waals surface area contributed by atoms with E-state index in [0.717, 1.165) is 83.8 Å². The standard InChI is InChI=1S/C64H41N3O/c1-3-13-49(14-4-1)63-65-66-64(67(63)57-17-5-2-6-18-57)50-31-29-48(30-32-50)58-40-56(47-25-23-45(24-26-47)54-34-28-43-12-8-10-16-52(43)38-54)41-60-59-39-55(35-36-61(59)68-62(58)60)46-21-19-44(20-22-46)53-33-27-42-11-7-9-15-51(42)37-53/h1-41H. The fourth-order valence-electron chi connectivity index (χ4n) is 9.75. The largest absolute Gasteiger partial charge is 0.455 e. The number of hydrogen-bond acceptors (Lipinski definition) is 3. The molecule has 0 bridgehead atoms. The van der Waals surface area contributed by atoms with E-state index in [4.69, 9.17) is 14.6 Å². The zero-order valence-electron chi connectivity index (χ0n) is 36.9. The zero-order chi connectivity index (χ0) is 45.0. The van der Waals surface area contributed by atoms with Crippen molar-refractivity contribution < 1.29 is 4.42 Å². The molecule has 318 valence electrons. The molecule has 4 heteroatoms. The van der Waals surface area contributed by atoms with E-state index in [1.807, 2.05) is 36.4 Å². The molecule has 0 saturated heterocycles. The average molecular weight is 868 g/mol. The topological polar surface area (TPSA) is 43.9 Å². The predicted octanol–water partition coefficient (Wildman–Crippen LogP) is 17.1. The predicted molar refractivity (Wildman–Crippen MR) is 282 cm³/mol. The van der Waals surface area contributed by atoms with E-state index in [2.05, 4.69) is 217 Å². The fourth-order valence-corrected chi connectivity index (χ4v) is 9.75. The van der Waals surface area contributed by atoms with E-state index in [0.29, 0.717) is 0 Å². The molecule has 0 amide bonds. The molecule has 0 fully saturated rings. The van der Waals surface area contributed by atoms with Crippen LogP contribution in [0.4, 0.5) is 0 Å². The Bertz CT molecular complexity index is 3980. The monoisotopic (exact) mass is 867 g/mol. The molecule has 4 nitrogen and oxygen atoms in total. The van der Waals surface area contributed by atoms with Gasteiger partial charge in [0, 0.05) is 33.2 Å². The van der Waals surface area contributed by atoms with Crippen LogP contribution < -0.4 is 0 Å². The van der Waals surface area contributed by atoms with Crippen molar-refractivity contribution in [2.24, 2.45) is 0 Å². The fraction of sp³-hybridized carbons (Fsp3) is 0. The summed E-state index contributed by atoms with van der Waals surface area (Å²) in [6.07, 6.45) is 0. The lowest BCUT2D eigenvalue weighted by molar-refractivity contribution is 0.670. The van der Waals surface area contributed by atoms with Gasteiger partial charge in [-0.25, -0.2) is 0 Å². The summed E-state index contributed by atoms with van der Waals surface area (Å²) in [7, 11) is 0. The van der Waals surface area contributed by atoms with Crippen LogP contribution in [-0.4, -0.2) is 14.8 Å². The Morgan fingerprint density at radius 2 is 0.691 bits per heavy atom. The van der Waals surface area contributed by atoms with Gasteiger partial charge in [-0.05, 0) is 120 Å². The van der Waals surface area contributed by atoms with Gasteiger partial charge < -0.3 is 4.42 Å². The van der Waals surface area contributed by atoms with E-state index in [9.17, 15) is 0 Å². The SMILES string of the molecule is c1ccc(-c2nnc(-c3ccc(-c4cc(-c5ccc(-c6ccc7ccccc7c6)cc5)cc5c4oc4ccc(-c6ccc(-c7ccc8ccccc8c7)cc6)cc45)cc3)n2-c2ccccc2)cc1. The Balaban J connectivity index is 0.914. The number of furan rings is 1. The van der Waals surface area contributed by atoms with Crippen LogP contribution in [0.5, 0.6) is 0 Å². The third kappa shape index (κ3) is 7.04. The molecule has 0 unspecified atom stereocenters. The first kappa shape index (κ1) is 39.3. The van der Waals surface area contributed by atoms with Crippen LogP contribution in [0.2, 0.25) is 0 Å². The molecule has 13 rings (SSSR count). The molecule has 0 spiro atoms. The van der Waals surface area contributed by atoms with Gasteiger partial charge in [0.2, 0.25) is 0 Å². The number of benzene rings is 11. The highest BCUT2D eigenvalue weighted by Gasteiger charge is 2.20. The maximum Gasteiger partial charge on any atom is 0.168 e. The minimum absolute atomic E-state index is 0.772. The number of nitrogens with zero attached hydrogens (tertiary/aromatic N) is 3. The number of fused-ring (bicyclic) bond motifs is 5. The van der Waals surface area contributed by atoms with Gasteiger partial charge in [0.15, 0.2) is 11.6 Å². The van der Waals surface area contributed by atoms with Crippen molar-refractivity contribution in [2.45, 2.75) is 0 Å². The maximum absolute atomic E-state index is 6.86. The van der Waals surface area contributed by atoms with Gasteiger partial charge in [-0.15, -0.1) is 10.2 Å². The Hall–Kier alpha value is -9.12. The lowest BCUT2D eigenvalue weighted by Gasteiger charge is -2.12. The minimum Gasteiger partial charge on any atom is -0.455 e. The van der Waals surface area contributed by atoms with Gasteiger partial charge in [-0.2, -0.15) is 0 Å². The van der Waals surface area contributed by atoms with Crippen LogP contribution in [0.15, 0.2) is 253 Å². The number of aromatic nitrogens is 3. The van der Waals surface area contributed by atoms with Crippen LogP contribution in [-0.2, 0) is 0 Å². The molecule has 11 aromatic carbocycles. The molecule has 0 radical (unpaired) electrons. The lowest BCUT2D eigenvalue weighted by Crippen LogP contribution is -2.00. The van der Waals surface area contributed by atoms with Crippen molar-refractivity contribution in [3.8, 4) is 84.1 Å². The van der Waals surface area contributed by atoms with E-state index in [-0.39, 0.29) is 0 Å². The quantitative estimate of drug-likeness (QED) is 0.153. The Morgan fingerprint density at radius 3 is 1.26 bits per heavy atom. The highest BCUT2D eigenvalue weighted by Crippen LogP contribution is 2.42. The summed E-state index contributed by atoms with van der Waals surface area (Å²) in [6.45, 7) is 0. The molecule has 68 heavy (non-hydrogen) atoms. The molecule has 2 aromatic heterocycles. The van der Waals surface area contributed by atoms with Gasteiger partial charge in [0.1, 0.15) is 11.2 Å². The summed E-state index contributed by atoms with van der Waals surface area (Å²) < 4.78 is 9.00. The summed E-state index contributed by atoms with van der Waals surface area (Å²) in [5.41, 5.74) is 16.1. The lowest BCUT2D eigenvalue weighted by atomic mass is 9.93. The Labute approximate surface area is 393 Å². The minimum atomic E-state index is 0.772. The van der Waals surface area contributed by atoms with Crippen LogP contribution >= 0.6 is 0 Å². The van der Waals surface area contributed by atoms with Gasteiger partial charge in [-0.3, -0.25) is 4.57 Å². The first-order valence-corrected chi connectivity index (χ1v) is 23.0. The second kappa shape index (κ2) is 16.4. The van der Waals surface area contributed by atoms with Crippen molar-refractivity contribution in [1.29, 1.82) is 0 Å². The first-order valence-electron chi connectivity index (χ1n) is 23.0. The summed E-state index contributed by atoms with van der Waals surface area (Å²) in [5, 5.41) is 16.6. The Morgan fingerprint density at radius 1 is 0.279 bits per heavy atom. The zero-order valence-corrected chi connectivity index (χ0v) is 36.9. The van der Waals surface area contributed by atoms with Gasteiger partial charge >= 0.3 is 0 Å². The normalized spacial score (nSPS) is 11.5. The molecule has 0 aliphatic heterocycles. The highest BCUT2D eigenvalue weighted by atomic mass is 16.3. The van der Waals surface area contributed by atoms with Gasteiger partial charge in [0.05, 0.1) is 0 Å². The molecular weight excluding hydrogens is 827 g/mol. The van der Waals surface area contributed by atoms with Crippen LogP contribution in [0, 0.1) is 0 Å². The van der Waals surface area contributed by atoms with Crippen molar-refractivity contribution in [2.75, 3.05) is 0 Å². The summed E-state index contributed by atoms with van der Waals surface area (Å²) >= 11 is 0. The molecule has 0 aliphatic carbocycles. The molecule has 2 heterocycles. The van der Waals surface area contributed by atoms with Gasteiger partial charge in [0.25, 0.3) is 0 Å². The number of hydrogen-bond donors (Lipinski definition) is 0. The maximum atomic E-state index is 6.86. The van der Waals surface area contributed by atoms with E-state index >= 15 is 0 Å². The van der Waals surface area contributed by atoms with Crippen LogP contribution in [0.1, 0.15) is 0 Å². The van der Waals surface area contributed by atoms with Crippen molar-refractivity contribution in [3.63, 3.8) is 0 Å². The van der Waals surface area contributed by atoms with Gasteiger partial charge in [-0.1, -0.05) is 200 Å². The molecule has 0 atom stereocenters. The Kier molecular flexibility index (Phi) is 9.47. The first-order chi connectivity index (χ1) is 33.7. The van der Waals surface area contributed by atoms with E-state index < -0.39 is 0 Å². The van der Waals surface area contributed by atoms with Crippen LogP contribution in [0.3, 0.4) is 0 Å². The van der Waals surface area contributed by atoms with Crippen molar-refractivity contribution >= 4 is 43.5 Å². The van der Waals surface area contributed by atoms with E-state index in [1.165, 1.54) is 43.8 Å². The van der Waals surface area contributed by atoms with Crippen LogP contribution in [0.25, 0.3) is 128 Å². The second-order valence-corrected chi connectivity index (χ2v) is 17.5. The summed E-state index contributed by atoms with van der Waals surface area (Å²) in [5.74, 6) is 1.56. The number of para-hydroxylation sites is 1. The van der Waals surface area contributed by atoms with Crippen molar-refractivity contribution in [1.82, 2.24) is 14.8 Å².